The SMILES string of the molecule is CCNC(=O)COc1ccc(NC(=O)Nc2ccccc2)cc1. The fraction of sp³-hybridized carbons (Fsp3) is 0.176. The average Bonchev–Trinajstić information content (AvgIpc) is 2.55. The zero-order chi connectivity index (χ0) is 16.5. The first kappa shape index (κ1) is 16.4. The van der Waals surface area contributed by atoms with Gasteiger partial charge in [0.1, 0.15) is 5.75 Å². The van der Waals surface area contributed by atoms with Gasteiger partial charge in [-0.25, -0.2) is 4.79 Å². The number of ether oxygens (including phenoxy) is 1. The predicted molar refractivity (Wildman–Crippen MR) is 89.7 cm³/mol. The fourth-order valence-corrected chi connectivity index (χ4v) is 1.85. The highest BCUT2D eigenvalue weighted by Crippen LogP contribution is 2.16. The van der Waals surface area contributed by atoms with Crippen LogP contribution in [-0.2, 0) is 4.79 Å². The smallest absolute Gasteiger partial charge is 0.323 e. The normalized spacial score (nSPS) is 9.78. The molecule has 2 rings (SSSR count). The van der Waals surface area contributed by atoms with Crippen molar-refractivity contribution in [2.45, 2.75) is 6.92 Å². The summed E-state index contributed by atoms with van der Waals surface area (Å²) in [6.45, 7) is 2.38. The summed E-state index contributed by atoms with van der Waals surface area (Å²) in [6.07, 6.45) is 0. The zero-order valence-corrected chi connectivity index (χ0v) is 12.8. The highest BCUT2D eigenvalue weighted by Gasteiger charge is 2.04. The van der Waals surface area contributed by atoms with Crippen LogP contribution in [0.2, 0.25) is 0 Å². The lowest BCUT2D eigenvalue weighted by Gasteiger charge is -2.09. The maximum atomic E-state index is 11.8. The maximum absolute atomic E-state index is 11.8. The van der Waals surface area contributed by atoms with E-state index in [0.29, 0.717) is 23.7 Å². The topological polar surface area (TPSA) is 79.5 Å². The number of carbonyl (C=O) groups excluding carboxylic acids is 2. The molecule has 0 radical (unpaired) electrons. The Morgan fingerprint density at radius 3 is 2.13 bits per heavy atom. The Bertz CT molecular complexity index is 642. The van der Waals surface area contributed by atoms with Gasteiger partial charge in [0.05, 0.1) is 0 Å². The summed E-state index contributed by atoms with van der Waals surface area (Å²) >= 11 is 0. The lowest BCUT2D eigenvalue weighted by Crippen LogP contribution is -2.28. The Kier molecular flexibility index (Phi) is 5.99. The van der Waals surface area contributed by atoms with Crippen molar-refractivity contribution in [3.05, 3.63) is 54.6 Å². The third-order valence-electron chi connectivity index (χ3n) is 2.89. The van der Waals surface area contributed by atoms with Crippen LogP contribution in [0, 0.1) is 0 Å². The number of nitrogens with one attached hydrogen (secondary N) is 3. The lowest BCUT2D eigenvalue weighted by atomic mass is 10.3. The molecule has 0 atom stereocenters. The largest absolute Gasteiger partial charge is 0.484 e. The minimum Gasteiger partial charge on any atom is -0.484 e. The molecule has 0 aliphatic rings. The summed E-state index contributed by atoms with van der Waals surface area (Å²) in [5.74, 6) is 0.391. The molecule has 120 valence electrons. The van der Waals surface area contributed by atoms with E-state index >= 15 is 0 Å². The van der Waals surface area contributed by atoms with E-state index in [0.717, 1.165) is 0 Å². The quantitative estimate of drug-likeness (QED) is 0.767. The van der Waals surface area contributed by atoms with Crippen LogP contribution in [0.3, 0.4) is 0 Å². The summed E-state index contributed by atoms with van der Waals surface area (Å²) in [5.41, 5.74) is 1.34. The first-order valence-corrected chi connectivity index (χ1v) is 7.30. The van der Waals surface area contributed by atoms with Crippen molar-refractivity contribution in [2.75, 3.05) is 23.8 Å². The molecule has 0 saturated heterocycles. The molecule has 0 bridgehead atoms. The third kappa shape index (κ3) is 5.70. The molecule has 0 aliphatic carbocycles. The molecule has 0 fully saturated rings. The van der Waals surface area contributed by atoms with Crippen LogP contribution in [0.15, 0.2) is 54.6 Å². The molecule has 6 nitrogen and oxygen atoms in total. The molecular formula is C17H19N3O3. The van der Waals surface area contributed by atoms with E-state index in [1.165, 1.54) is 0 Å². The number of rotatable bonds is 6. The van der Waals surface area contributed by atoms with Crippen LogP contribution in [-0.4, -0.2) is 25.1 Å². The van der Waals surface area contributed by atoms with Crippen LogP contribution in [0.1, 0.15) is 6.92 Å². The van der Waals surface area contributed by atoms with Gasteiger partial charge in [-0.05, 0) is 43.3 Å². The van der Waals surface area contributed by atoms with Gasteiger partial charge in [0.25, 0.3) is 5.91 Å². The zero-order valence-electron chi connectivity index (χ0n) is 12.8. The number of amides is 3. The van der Waals surface area contributed by atoms with Crippen molar-refractivity contribution in [3.63, 3.8) is 0 Å². The van der Waals surface area contributed by atoms with Gasteiger partial charge >= 0.3 is 6.03 Å². The van der Waals surface area contributed by atoms with Crippen LogP contribution >= 0.6 is 0 Å². The molecule has 0 aromatic heterocycles. The molecule has 6 heteroatoms. The summed E-state index contributed by atoms with van der Waals surface area (Å²) in [4.78, 5) is 23.1. The number of carbonyl (C=O) groups is 2. The van der Waals surface area contributed by atoms with Gasteiger partial charge < -0.3 is 20.7 Å². The molecule has 0 unspecified atom stereocenters. The minimum atomic E-state index is -0.327. The van der Waals surface area contributed by atoms with Crippen LogP contribution < -0.4 is 20.7 Å². The van der Waals surface area contributed by atoms with Gasteiger partial charge in [0.2, 0.25) is 0 Å². The molecular weight excluding hydrogens is 294 g/mol. The van der Waals surface area contributed by atoms with Gasteiger partial charge in [0.15, 0.2) is 6.61 Å². The van der Waals surface area contributed by atoms with Gasteiger partial charge in [-0.3, -0.25) is 4.79 Å². The molecule has 23 heavy (non-hydrogen) atoms. The molecule has 2 aromatic rings. The summed E-state index contributed by atoms with van der Waals surface area (Å²) < 4.78 is 5.34. The molecule has 3 amide bonds. The minimum absolute atomic E-state index is 0.0326. The number of urea groups is 1. The monoisotopic (exact) mass is 313 g/mol. The lowest BCUT2D eigenvalue weighted by molar-refractivity contribution is -0.122. The van der Waals surface area contributed by atoms with Crippen molar-refractivity contribution in [1.29, 1.82) is 0 Å². The van der Waals surface area contributed by atoms with Crippen molar-refractivity contribution >= 4 is 23.3 Å². The number of benzene rings is 2. The number of anilines is 2. The highest BCUT2D eigenvalue weighted by atomic mass is 16.5. The van der Waals surface area contributed by atoms with Gasteiger partial charge in [-0.1, -0.05) is 18.2 Å². The van der Waals surface area contributed by atoms with E-state index in [2.05, 4.69) is 16.0 Å². The van der Waals surface area contributed by atoms with Crippen LogP contribution in [0.4, 0.5) is 16.2 Å². The number of hydrogen-bond acceptors (Lipinski definition) is 3. The van der Waals surface area contributed by atoms with Crippen molar-refractivity contribution < 1.29 is 14.3 Å². The van der Waals surface area contributed by atoms with Crippen molar-refractivity contribution in [2.24, 2.45) is 0 Å². The summed E-state index contributed by atoms with van der Waals surface area (Å²) in [7, 11) is 0. The predicted octanol–water partition coefficient (Wildman–Crippen LogP) is 2.85. The average molecular weight is 313 g/mol. The Morgan fingerprint density at radius 1 is 0.913 bits per heavy atom. The Hall–Kier alpha value is -3.02. The first-order chi connectivity index (χ1) is 11.2. The molecule has 3 N–H and O–H groups in total. The Balaban J connectivity index is 1.82. The summed E-state index contributed by atoms with van der Waals surface area (Å²) in [5, 5.41) is 8.09. The second-order valence-corrected chi connectivity index (χ2v) is 4.71. The Morgan fingerprint density at radius 2 is 1.52 bits per heavy atom. The van der Waals surface area contributed by atoms with E-state index in [9.17, 15) is 9.59 Å². The van der Waals surface area contributed by atoms with E-state index in [1.807, 2.05) is 25.1 Å². The molecule has 2 aromatic carbocycles. The second kappa shape index (κ2) is 8.43. The Labute approximate surface area is 134 Å². The third-order valence-corrected chi connectivity index (χ3v) is 2.89. The number of para-hydroxylation sites is 1. The van der Waals surface area contributed by atoms with E-state index < -0.39 is 0 Å². The number of likely N-dealkylation sites (N-methyl/N-ethyl adjacent to an activating group) is 1. The molecule has 0 spiro atoms. The maximum Gasteiger partial charge on any atom is 0.323 e. The van der Waals surface area contributed by atoms with E-state index in [1.54, 1.807) is 36.4 Å². The first-order valence-electron chi connectivity index (χ1n) is 7.30. The van der Waals surface area contributed by atoms with Crippen LogP contribution in [0.25, 0.3) is 0 Å². The summed E-state index contributed by atoms with van der Waals surface area (Å²) in [6, 6.07) is 15.6. The van der Waals surface area contributed by atoms with E-state index in [-0.39, 0.29) is 18.5 Å². The van der Waals surface area contributed by atoms with Crippen molar-refractivity contribution in [3.8, 4) is 5.75 Å². The van der Waals surface area contributed by atoms with Gasteiger partial charge in [-0.2, -0.15) is 0 Å². The number of hydrogen-bond donors (Lipinski definition) is 3. The van der Waals surface area contributed by atoms with Gasteiger partial charge in [-0.15, -0.1) is 0 Å². The van der Waals surface area contributed by atoms with Gasteiger partial charge in [0, 0.05) is 17.9 Å². The van der Waals surface area contributed by atoms with Crippen LogP contribution in [0.5, 0.6) is 5.75 Å². The molecule has 0 aliphatic heterocycles. The standard InChI is InChI=1S/C17H19N3O3/c1-2-18-16(21)12-23-15-10-8-14(9-11-15)20-17(22)19-13-6-4-3-5-7-13/h3-11H,2,12H2,1H3,(H,18,21)(H2,19,20,22). The molecule has 0 saturated carbocycles. The highest BCUT2D eigenvalue weighted by molar-refractivity contribution is 5.99. The molecule has 0 heterocycles. The van der Waals surface area contributed by atoms with Crippen molar-refractivity contribution in [1.82, 2.24) is 5.32 Å². The van der Waals surface area contributed by atoms with E-state index in [4.69, 9.17) is 4.74 Å². The fourth-order valence-electron chi connectivity index (χ4n) is 1.85. The second-order valence-electron chi connectivity index (χ2n) is 4.71.